The first-order chi connectivity index (χ1) is 10.8. The van der Waals surface area contributed by atoms with Crippen LogP contribution < -0.4 is 5.32 Å². The van der Waals surface area contributed by atoms with Gasteiger partial charge in [0.25, 0.3) is 0 Å². The fourth-order valence-electron chi connectivity index (χ4n) is 1.99. The monoisotopic (exact) mass is 345 g/mol. The zero-order chi connectivity index (χ0) is 19.1. The van der Waals surface area contributed by atoms with Gasteiger partial charge in [-0.05, 0) is 45.4 Å². The van der Waals surface area contributed by atoms with E-state index in [9.17, 15) is 19.5 Å². The quantitative estimate of drug-likeness (QED) is 0.656. The third kappa shape index (κ3) is 10.1. The zero-order valence-corrected chi connectivity index (χ0v) is 15.7. The molecule has 0 unspecified atom stereocenters. The number of hydrogen-bond acceptors (Lipinski definition) is 5. The minimum atomic E-state index is -1.23. The van der Waals surface area contributed by atoms with Crippen LogP contribution in [-0.2, 0) is 19.1 Å². The summed E-state index contributed by atoms with van der Waals surface area (Å²) >= 11 is 0. The molecule has 2 N–H and O–H groups in total. The average molecular weight is 345 g/mol. The molecule has 0 spiro atoms. The third-order valence-electron chi connectivity index (χ3n) is 2.90. The van der Waals surface area contributed by atoms with E-state index in [0.717, 1.165) is 0 Å². The first-order valence-corrected chi connectivity index (χ1v) is 8.24. The van der Waals surface area contributed by atoms with Crippen molar-refractivity contribution < 1.29 is 29.0 Å². The summed E-state index contributed by atoms with van der Waals surface area (Å²) in [6.45, 7) is 12.6. The molecule has 0 heterocycles. The number of carbonyl (C=O) groups excluding carboxylic acids is 2. The van der Waals surface area contributed by atoms with Crippen LogP contribution >= 0.6 is 0 Å². The number of alkyl carbamates (subject to hydrolysis) is 1. The predicted molar refractivity (Wildman–Crippen MR) is 89.6 cm³/mol. The Morgan fingerprint density at radius 3 is 1.88 bits per heavy atom. The Morgan fingerprint density at radius 1 is 1.00 bits per heavy atom. The van der Waals surface area contributed by atoms with Crippen molar-refractivity contribution in [1.29, 1.82) is 0 Å². The van der Waals surface area contributed by atoms with Gasteiger partial charge in [-0.25, -0.2) is 14.4 Å². The van der Waals surface area contributed by atoms with E-state index in [1.54, 1.807) is 20.8 Å². The lowest BCUT2D eigenvalue weighted by Crippen LogP contribution is -2.46. The molecule has 0 fully saturated rings. The van der Waals surface area contributed by atoms with E-state index in [1.165, 1.54) is 0 Å². The summed E-state index contributed by atoms with van der Waals surface area (Å²) in [4.78, 5) is 35.5. The smallest absolute Gasteiger partial charge is 0.408 e. The molecule has 24 heavy (non-hydrogen) atoms. The molecule has 0 saturated carbocycles. The molecular weight excluding hydrogens is 314 g/mol. The highest BCUT2D eigenvalue weighted by Crippen LogP contribution is 2.14. The maximum absolute atomic E-state index is 12.3. The summed E-state index contributed by atoms with van der Waals surface area (Å²) in [5.74, 6) is -1.80. The Kier molecular flexibility index (Phi) is 8.78. The number of hydrogen-bond donors (Lipinski definition) is 2. The summed E-state index contributed by atoms with van der Waals surface area (Å²) in [5.41, 5.74) is -0.697. The number of rotatable bonds is 8. The average Bonchev–Trinajstić information content (AvgIpc) is 2.33. The molecule has 0 radical (unpaired) electrons. The van der Waals surface area contributed by atoms with Gasteiger partial charge >= 0.3 is 18.0 Å². The second-order valence-electron chi connectivity index (χ2n) is 7.72. The van der Waals surface area contributed by atoms with E-state index < -0.39 is 35.8 Å². The van der Waals surface area contributed by atoms with Crippen molar-refractivity contribution >= 4 is 18.0 Å². The normalized spacial score (nSPS) is 14.2. The largest absolute Gasteiger partial charge is 0.479 e. The lowest BCUT2D eigenvalue weighted by molar-refractivity contribution is -0.166. The van der Waals surface area contributed by atoms with Crippen molar-refractivity contribution in [2.24, 2.45) is 11.8 Å². The fraction of sp³-hybridized carbons (Fsp3) is 0.824. The van der Waals surface area contributed by atoms with Crippen molar-refractivity contribution in [2.45, 2.75) is 79.1 Å². The van der Waals surface area contributed by atoms with Crippen molar-refractivity contribution in [2.75, 3.05) is 0 Å². The first kappa shape index (κ1) is 22.2. The maximum atomic E-state index is 12.3. The molecule has 7 heteroatoms. The van der Waals surface area contributed by atoms with Crippen LogP contribution in [0.2, 0.25) is 0 Å². The number of carbonyl (C=O) groups is 3. The summed E-state index contributed by atoms with van der Waals surface area (Å²) in [7, 11) is 0. The molecule has 0 aliphatic heterocycles. The Labute approximate surface area is 144 Å². The number of carboxylic acid groups (broad SMARTS) is 1. The van der Waals surface area contributed by atoms with Gasteiger partial charge in [0.2, 0.25) is 0 Å². The second-order valence-corrected chi connectivity index (χ2v) is 7.72. The van der Waals surface area contributed by atoms with Crippen molar-refractivity contribution in [3.63, 3.8) is 0 Å². The van der Waals surface area contributed by atoms with Crippen molar-refractivity contribution in [3.05, 3.63) is 0 Å². The number of nitrogens with one attached hydrogen (secondary N) is 1. The van der Waals surface area contributed by atoms with Crippen LogP contribution in [0.25, 0.3) is 0 Å². The molecule has 0 saturated heterocycles. The first-order valence-electron chi connectivity index (χ1n) is 8.24. The molecule has 0 aromatic rings. The van der Waals surface area contributed by atoms with Gasteiger partial charge < -0.3 is 19.9 Å². The molecule has 140 valence electrons. The van der Waals surface area contributed by atoms with Gasteiger partial charge in [0.1, 0.15) is 11.6 Å². The molecule has 2 atom stereocenters. The SMILES string of the molecule is CC(C)C[C@H](NC(=O)OC(C)(C)C)C(=O)O[C@@H](CC(C)C)C(=O)O. The van der Waals surface area contributed by atoms with Gasteiger partial charge in [0, 0.05) is 0 Å². The Morgan fingerprint density at radius 2 is 1.50 bits per heavy atom. The number of carboxylic acids is 1. The number of aliphatic carboxylic acids is 1. The molecule has 0 aromatic carbocycles. The van der Waals surface area contributed by atoms with E-state index in [-0.39, 0.29) is 18.3 Å². The third-order valence-corrected chi connectivity index (χ3v) is 2.90. The molecule has 0 aliphatic carbocycles. The molecule has 0 bridgehead atoms. The number of esters is 1. The van der Waals surface area contributed by atoms with Crippen LogP contribution in [0, 0.1) is 11.8 Å². The van der Waals surface area contributed by atoms with E-state index >= 15 is 0 Å². The highest BCUT2D eigenvalue weighted by molar-refractivity contribution is 5.84. The van der Waals surface area contributed by atoms with E-state index in [1.807, 2.05) is 27.7 Å². The molecule has 0 aromatic heterocycles. The Hall–Kier alpha value is -1.79. The molecular formula is C17H31NO6. The van der Waals surface area contributed by atoms with E-state index in [2.05, 4.69) is 5.32 Å². The summed E-state index contributed by atoms with van der Waals surface area (Å²) in [6, 6.07) is -0.950. The van der Waals surface area contributed by atoms with Crippen molar-refractivity contribution in [3.8, 4) is 0 Å². The Balaban J connectivity index is 4.98. The standard InChI is InChI=1S/C17H31NO6/c1-10(2)8-12(18-16(22)24-17(5,6)7)15(21)23-13(14(19)20)9-11(3)4/h10-13H,8-9H2,1-7H3,(H,18,22)(H,19,20)/t12-,13-/m0/s1. The second kappa shape index (κ2) is 9.49. The van der Waals surface area contributed by atoms with Gasteiger partial charge in [-0.1, -0.05) is 27.7 Å². The van der Waals surface area contributed by atoms with Gasteiger partial charge in [0.05, 0.1) is 0 Å². The fourth-order valence-corrected chi connectivity index (χ4v) is 1.99. The molecule has 1 amide bonds. The lowest BCUT2D eigenvalue weighted by atomic mass is 10.0. The van der Waals surface area contributed by atoms with Crippen molar-refractivity contribution in [1.82, 2.24) is 5.32 Å². The van der Waals surface area contributed by atoms with Gasteiger partial charge in [-0.2, -0.15) is 0 Å². The van der Waals surface area contributed by atoms with Crippen LogP contribution in [0.1, 0.15) is 61.3 Å². The number of ether oxygens (including phenoxy) is 2. The van der Waals surface area contributed by atoms with E-state index in [4.69, 9.17) is 9.47 Å². The molecule has 0 aliphatic rings. The summed E-state index contributed by atoms with van der Waals surface area (Å²) < 4.78 is 10.3. The highest BCUT2D eigenvalue weighted by atomic mass is 16.6. The maximum Gasteiger partial charge on any atom is 0.408 e. The summed E-state index contributed by atoms with van der Waals surface area (Å²) in [5, 5.41) is 11.7. The van der Waals surface area contributed by atoms with Crippen LogP contribution in [0.5, 0.6) is 0 Å². The van der Waals surface area contributed by atoms with Crippen LogP contribution in [0.4, 0.5) is 4.79 Å². The van der Waals surface area contributed by atoms with Crippen LogP contribution in [-0.4, -0.2) is 40.9 Å². The van der Waals surface area contributed by atoms with Crippen LogP contribution in [0.15, 0.2) is 0 Å². The predicted octanol–water partition coefficient (Wildman–Crippen LogP) is 2.97. The van der Waals surface area contributed by atoms with Gasteiger partial charge in [-0.15, -0.1) is 0 Å². The van der Waals surface area contributed by atoms with E-state index in [0.29, 0.717) is 6.42 Å². The van der Waals surface area contributed by atoms with Crippen LogP contribution in [0.3, 0.4) is 0 Å². The van der Waals surface area contributed by atoms with Gasteiger partial charge in [-0.3, -0.25) is 0 Å². The summed E-state index contributed by atoms with van der Waals surface area (Å²) in [6.07, 6.45) is -1.43. The highest BCUT2D eigenvalue weighted by Gasteiger charge is 2.30. The zero-order valence-electron chi connectivity index (χ0n) is 15.7. The molecule has 7 nitrogen and oxygen atoms in total. The lowest BCUT2D eigenvalue weighted by Gasteiger charge is -2.25. The Bertz CT molecular complexity index is 439. The van der Waals surface area contributed by atoms with Gasteiger partial charge in [0.15, 0.2) is 6.10 Å². The molecule has 0 rings (SSSR count). The minimum Gasteiger partial charge on any atom is -0.479 e. The minimum absolute atomic E-state index is 0.0567. The number of amides is 1. The topological polar surface area (TPSA) is 102 Å².